The number of hydrogen-bond acceptors (Lipinski definition) is 3. The van der Waals surface area contributed by atoms with Crippen molar-refractivity contribution >= 4 is 37.7 Å². The first-order chi connectivity index (χ1) is 9.10. The topological polar surface area (TPSA) is 29.0 Å². The number of halogens is 2. The van der Waals surface area contributed by atoms with Crippen molar-refractivity contribution in [2.75, 3.05) is 11.9 Å². The van der Waals surface area contributed by atoms with E-state index < -0.39 is 0 Å². The third-order valence-electron chi connectivity index (χ3n) is 2.80. The van der Waals surface area contributed by atoms with Crippen LogP contribution in [0.4, 0.5) is 5.82 Å². The number of rotatable bonds is 4. The maximum atomic E-state index is 4.55. The Morgan fingerprint density at radius 1 is 1.16 bits per heavy atom. The van der Waals surface area contributed by atoms with Gasteiger partial charge >= 0.3 is 0 Å². The molecule has 3 nitrogen and oxygen atoms in total. The molecule has 5 heteroatoms. The van der Waals surface area contributed by atoms with Crippen LogP contribution in [0, 0.1) is 0 Å². The second kappa shape index (κ2) is 6.48. The van der Waals surface area contributed by atoms with Gasteiger partial charge in [0.15, 0.2) is 0 Å². The molecule has 0 fully saturated rings. The molecule has 0 N–H and O–H groups in total. The van der Waals surface area contributed by atoms with Crippen molar-refractivity contribution in [2.24, 2.45) is 0 Å². The number of aryl methyl sites for hydroxylation is 1. The molecular weight excluding hydrogens is 370 g/mol. The average molecular weight is 385 g/mol. The minimum Gasteiger partial charge on any atom is -0.355 e. The van der Waals surface area contributed by atoms with Gasteiger partial charge in [0, 0.05) is 30.6 Å². The Kier molecular flexibility index (Phi) is 4.93. The zero-order chi connectivity index (χ0) is 13.8. The molecule has 0 spiro atoms. The van der Waals surface area contributed by atoms with Gasteiger partial charge in [0.2, 0.25) is 0 Å². The van der Waals surface area contributed by atoms with Gasteiger partial charge in [0.05, 0.1) is 0 Å². The summed E-state index contributed by atoms with van der Waals surface area (Å²) >= 11 is 7.01. The van der Waals surface area contributed by atoms with Gasteiger partial charge in [-0.3, -0.25) is 0 Å². The first-order valence-corrected chi connectivity index (χ1v) is 7.66. The van der Waals surface area contributed by atoms with E-state index in [9.17, 15) is 0 Å². The molecule has 0 aliphatic heterocycles. The van der Waals surface area contributed by atoms with Gasteiger partial charge in [-0.05, 0) is 27.6 Å². The normalized spacial score (nSPS) is 10.5. The maximum Gasteiger partial charge on any atom is 0.133 e. The summed E-state index contributed by atoms with van der Waals surface area (Å²) in [6.07, 6.45) is 0.829. The Balaban J connectivity index is 2.22. The number of aromatic nitrogens is 2. The van der Waals surface area contributed by atoms with Crippen LogP contribution in [0.2, 0.25) is 0 Å². The van der Waals surface area contributed by atoms with E-state index in [1.807, 2.05) is 25.2 Å². The fraction of sp³-hybridized carbons (Fsp3) is 0.286. The van der Waals surface area contributed by atoms with Gasteiger partial charge in [-0.1, -0.05) is 41.1 Å². The van der Waals surface area contributed by atoms with Crippen LogP contribution in [0.25, 0.3) is 0 Å². The van der Waals surface area contributed by atoms with E-state index >= 15 is 0 Å². The molecule has 1 heterocycles. The number of anilines is 1. The lowest BCUT2D eigenvalue weighted by atomic mass is 10.2. The van der Waals surface area contributed by atoms with E-state index in [-0.39, 0.29) is 0 Å². The van der Waals surface area contributed by atoms with E-state index in [2.05, 4.69) is 65.8 Å². The molecule has 19 heavy (non-hydrogen) atoms. The van der Waals surface area contributed by atoms with Crippen LogP contribution in [0.5, 0.6) is 0 Å². The first kappa shape index (κ1) is 14.5. The standard InChI is InChI=1S/C14H15Br2N3/c1-3-13-17-12(16)8-14(18-13)19(2)9-10-6-4-5-7-11(10)15/h4-8H,3,9H2,1-2H3. The lowest BCUT2D eigenvalue weighted by Gasteiger charge is -2.19. The van der Waals surface area contributed by atoms with Crippen LogP contribution in [0.1, 0.15) is 18.3 Å². The second-order valence-electron chi connectivity index (χ2n) is 4.27. The lowest BCUT2D eigenvalue weighted by molar-refractivity contribution is 0.851. The smallest absolute Gasteiger partial charge is 0.133 e. The van der Waals surface area contributed by atoms with Crippen molar-refractivity contribution in [3.05, 3.63) is 50.8 Å². The SMILES string of the molecule is CCc1nc(Br)cc(N(C)Cc2ccccc2Br)n1. The van der Waals surface area contributed by atoms with Crippen LogP contribution in [-0.4, -0.2) is 17.0 Å². The minimum atomic E-state index is 0.800. The number of nitrogens with zero attached hydrogens (tertiary/aromatic N) is 3. The molecular formula is C14H15Br2N3. The number of hydrogen-bond donors (Lipinski definition) is 0. The fourth-order valence-corrected chi connectivity index (χ4v) is 2.59. The summed E-state index contributed by atoms with van der Waals surface area (Å²) in [5.41, 5.74) is 1.23. The van der Waals surface area contributed by atoms with Crippen molar-refractivity contribution in [1.29, 1.82) is 0 Å². The molecule has 0 saturated heterocycles. The molecule has 2 aromatic rings. The molecule has 0 bridgehead atoms. The van der Waals surface area contributed by atoms with E-state index in [0.29, 0.717) is 0 Å². The van der Waals surface area contributed by atoms with E-state index in [0.717, 1.165) is 33.7 Å². The first-order valence-electron chi connectivity index (χ1n) is 6.08. The largest absolute Gasteiger partial charge is 0.355 e. The summed E-state index contributed by atoms with van der Waals surface area (Å²) in [7, 11) is 2.04. The summed E-state index contributed by atoms with van der Waals surface area (Å²) in [6, 6.07) is 10.2. The van der Waals surface area contributed by atoms with Gasteiger partial charge in [-0.15, -0.1) is 0 Å². The van der Waals surface area contributed by atoms with E-state index in [4.69, 9.17) is 0 Å². The Morgan fingerprint density at radius 2 is 1.89 bits per heavy atom. The molecule has 0 radical (unpaired) electrons. The predicted octanol–water partition coefficient (Wildman–Crippen LogP) is 4.20. The van der Waals surface area contributed by atoms with Gasteiger partial charge < -0.3 is 4.90 Å². The molecule has 2 rings (SSSR count). The van der Waals surface area contributed by atoms with Crippen molar-refractivity contribution in [3.8, 4) is 0 Å². The van der Waals surface area contributed by atoms with Crippen LogP contribution in [0.15, 0.2) is 39.4 Å². The molecule has 0 unspecified atom stereocenters. The van der Waals surface area contributed by atoms with Crippen LogP contribution in [-0.2, 0) is 13.0 Å². The van der Waals surface area contributed by atoms with Gasteiger partial charge in [-0.25, -0.2) is 9.97 Å². The van der Waals surface area contributed by atoms with Gasteiger partial charge in [-0.2, -0.15) is 0 Å². The highest BCUT2D eigenvalue weighted by Gasteiger charge is 2.08. The molecule has 0 aliphatic rings. The lowest BCUT2D eigenvalue weighted by Crippen LogP contribution is -2.19. The molecule has 0 aliphatic carbocycles. The third kappa shape index (κ3) is 3.76. The third-order valence-corrected chi connectivity index (χ3v) is 3.98. The summed E-state index contributed by atoms with van der Waals surface area (Å²) in [6.45, 7) is 2.85. The quantitative estimate of drug-likeness (QED) is 0.739. The highest BCUT2D eigenvalue weighted by Crippen LogP contribution is 2.21. The van der Waals surface area contributed by atoms with E-state index in [1.54, 1.807) is 0 Å². The highest BCUT2D eigenvalue weighted by atomic mass is 79.9. The summed E-state index contributed by atoms with van der Waals surface area (Å²) in [5, 5.41) is 0. The molecule has 1 aromatic heterocycles. The zero-order valence-electron chi connectivity index (χ0n) is 10.9. The average Bonchev–Trinajstić information content (AvgIpc) is 2.40. The molecule has 0 atom stereocenters. The summed E-state index contributed by atoms with van der Waals surface area (Å²) in [4.78, 5) is 11.0. The number of benzene rings is 1. The molecule has 1 aromatic carbocycles. The van der Waals surface area contributed by atoms with E-state index in [1.165, 1.54) is 5.56 Å². The Labute approximate surface area is 130 Å². The summed E-state index contributed by atoms with van der Waals surface area (Å²) in [5.74, 6) is 1.78. The fourth-order valence-electron chi connectivity index (χ4n) is 1.77. The van der Waals surface area contributed by atoms with Crippen LogP contribution < -0.4 is 4.90 Å². The second-order valence-corrected chi connectivity index (χ2v) is 5.93. The van der Waals surface area contributed by atoms with Gasteiger partial charge in [0.1, 0.15) is 16.2 Å². The zero-order valence-corrected chi connectivity index (χ0v) is 14.1. The predicted molar refractivity (Wildman–Crippen MR) is 85.4 cm³/mol. The van der Waals surface area contributed by atoms with Gasteiger partial charge in [0.25, 0.3) is 0 Å². The Hall–Kier alpha value is -0.940. The van der Waals surface area contributed by atoms with Crippen molar-refractivity contribution < 1.29 is 0 Å². The monoisotopic (exact) mass is 383 g/mol. The molecule has 100 valence electrons. The van der Waals surface area contributed by atoms with Crippen LogP contribution >= 0.6 is 31.9 Å². The molecule has 0 saturated carbocycles. The minimum absolute atomic E-state index is 0.800. The highest BCUT2D eigenvalue weighted by molar-refractivity contribution is 9.10. The summed E-state index contributed by atoms with van der Waals surface area (Å²) < 4.78 is 1.94. The van der Waals surface area contributed by atoms with Crippen molar-refractivity contribution in [3.63, 3.8) is 0 Å². The van der Waals surface area contributed by atoms with Crippen molar-refractivity contribution in [1.82, 2.24) is 9.97 Å². The van der Waals surface area contributed by atoms with Crippen LogP contribution in [0.3, 0.4) is 0 Å². The maximum absolute atomic E-state index is 4.55. The Morgan fingerprint density at radius 3 is 2.58 bits per heavy atom. The Bertz CT molecular complexity index is 572. The van der Waals surface area contributed by atoms with Crippen molar-refractivity contribution in [2.45, 2.75) is 19.9 Å². The molecule has 0 amide bonds.